The first-order chi connectivity index (χ1) is 7.86. The van der Waals surface area contributed by atoms with Gasteiger partial charge in [-0.3, -0.25) is 0 Å². The van der Waals surface area contributed by atoms with Crippen molar-refractivity contribution in [3.63, 3.8) is 0 Å². The van der Waals surface area contributed by atoms with E-state index < -0.39 is 0 Å². The van der Waals surface area contributed by atoms with Gasteiger partial charge in [-0.25, -0.2) is 0 Å². The number of hydrogen-bond donors (Lipinski definition) is 1. The molecule has 4 nitrogen and oxygen atoms in total. The van der Waals surface area contributed by atoms with Gasteiger partial charge < -0.3 is 19.9 Å². The Morgan fingerprint density at radius 3 is 1.50 bits per heavy atom. The highest BCUT2D eigenvalue weighted by Gasteiger charge is 2.12. The van der Waals surface area contributed by atoms with Crippen LogP contribution in [0, 0.1) is 0 Å². The molecule has 16 heavy (non-hydrogen) atoms. The van der Waals surface area contributed by atoms with Crippen molar-refractivity contribution in [2.24, 2.45) is 0 Å². The van der Waals surface area contributed by atoms with Crippen molar-refractivity contribution in [3.05, 3.63) is 0 Å². The first kappa shape index (κ1) is 13.9. The molecule has 2 rings (SSSR count). The molecule has 0 aromatic rings. The van der Waals surface area contributed by atoms with Crippen molar-refractivity contribution < 1.29 is 4.74 Å². The molecule has 4 heteroatoms. The molecule has 0 radical (unpaired) electrons. The number of ether oxygens (including phenoxy) is 1. The summed E-state index contributed by atoms with van der Waals surface area (Å²) >= 11 is 0. The maximum Gasteiger partial charge on any atom is 0.0591 e. The smallest absolute Gasteiger partial charge is 0.0591 e. The Labute approximate surface area is 99.9 Å². The SMILES string of the molecule is C1COCCN1.CCN1CCN(CC)CC1. The van der Waals surface area contributed by atoms with Crippen LogP contribution in [-0.2, 0) is 4.74 Å². The molecule has 0 bridgehead atoms. The topological polar surface area (TPSA) is 27.7 Å². The molecular weight excluding hydrogens is 202 g/mol. The minimum Gasteiger partial charge on any atom is -0.379 e. The summed E-state index contributed by atoms with van der Waals surface area (Å²) in [5.74, 6) is 0. The van der Waals surface area contributed by atoms with Crippen LogP contribution in [-0.4, -0.2) is 75.4 Å². The Kier molecular flexibility index (Phi) is 7.76. The van der Waals surface area contributed by atoms with Gasteiger partial charge in [0.25, 0.3) is 0 Å². The lowest BCUT2D eigenvalue weighted by Gasteiger charge is -2.33. The van der Waals surface area contributed by atoms with Gasteiger partial charge in [-0.1, -0.05) is 13.8 Å². The van der Waals surface area contributed by atoms with Gasteiger partial charge >= 0.3 is 0 Å². The lowest BCUT2D eigenvalue weighted by atomic mass is 10.3. The highest BCUT2D eigenvalue weighted by atomic mass is 16.5. The Hall–Kier alpha value is -0.160. The van der Waals surface area contributed by atoms with Crippen LogP contribution in [0.5, 0.6) is 0 Å². The summed E-state index contributed by atoms with van der Waals surface area (Å²) in [6.45, 7) is 15.8. The van der Waals surface area contributed by atoms with Crippen LogP contribution < -0.4 is 5.32 Å². The molecule has 0 unspecified atom stereocenters. The molecule has 0 atom stereocenters. The van der Waals surface area contributed by atoms with Crippen LogP contribution in [0.1, 0.15) is 13.8 Å². The fraction of sp³-hybridized carbons (Fsp3) is 1.00. The first-order valence-electron chi connectivity index (χ1n) is 6.60. The molecule has 2 fully saturated rings. The predicted molar refractivity (Wildman–Crippen MR) is 67.9 cm³/mol. The molecule has 2 aliphatic rings. The zero-order valence-electron chi connectivity index (χ0n) is 10.9. The number of rotatable bonds is 2. The van der Waals surface area contributed by atoms with Crippen molar-refractivity contribution in [2.75, 3.05) is 65.6 Å². The molecule has 96 valence electrons. The van der Waals surface area contributed by atoms with Crippen LogP contribution in [0.4, 0.5) is 0 Å². The molecule has 0 amide bonds. The van der Waals surface area contributed by atoms with Gasteiger partial charge in [0.1, 0.15) is 0 Å². The van der Waals surface area contributed by atoms with Crippen molar-refractivity contribution in [2.45, 2.75) is 13.8 Å². The van der Waals surface area contributed by atoms with Gasteiger partial charge in [0.15, 0.2) is 0 Å². The minimum absolute atomic E-state index is 0.889. The van der Waals surface area contributed by atoms with E-state index in [0.717, 1.165) is 26.3 Å². The van der Waals surface area contributed by atoms with Crippen LogP contribution >= 0.6 is 0 Å². The maximum atomic E-state index is 5.01. The van der Waals surface area contributed by atoms with Crippen molar-refractivity contribution in [1.29, 1.82) is 0 Å². The molecule has 1 N–H and O–H groups in total. The number of likely N-dealkylation sites (N-methyl/N-ethyl adjacent to an activating group) is 2. The molecule has 0 aliphatic carbocycles. The first-order valence-corrected chi connectivity index (χ1v) is 6.60. The van der Waals surface area contributed by atoms with E-state index in [0.29, 0.717) is 0 Å². The van der Waals surface area contributed by atoms with Crippen molar-refractivity contribution in [3.8, 4) is 0 Å². The number of morpholine rings is 1. The third-order valence-electron chi connectivity index (χ3n) is 3.21. The van der Waals surface area contributed by atoms with E-state index in [1.54, 1.807) is 0 Å². The highest BCUT2D eigenvalue weighted by Crippen LogP contribution is 1.99. The van der Waals surface area contributed by atoms with E-state index in [4.69, 9.17) is 4.74 Å². The largest absolute Gasteiger partial charge is 0.379 e. The Morgan fingerprint density at radius 1 is 0.875 bits per heavy atom. The summed E-state index contributed by atoms with van der Waals surface area (Å²) in [4.78, 5) is 5.01. The average molecular weight is 229 g/mol. The third-order valence-corrected chi connectivity index (χ3v) is 3.21. The van der Waals surface area contributed by atoms with Crippen molar-refractivity contribution >= 4 is 0 Å². The second-order valence-electron chi connectivity index (χ2n) is 4.23. The fourth-order valence-electron chi connectivity index (χ4n) is 1.94. The quantitative estimate of drug-likeness (QED) is 0.735. The van der Waals surface area contributed by atoms with Gasteiger partial charge in [0.05, 0.1) is 13.2 Å². The molecular formula is C12H27N3O. The average Bonchev–Trinajstić information content (AvgIpc) is 2.41. The zero-order valence-corrected chi connectivity index (χ0v) is 10.9. The summed E-state index contributed by atoms with van der Waals surface area (Å²) in [6.07, 6.45) is 0. The maximum absolute atomic E-state index is 5.01. The van der Waals surface area contributed by atoms with Crippen LogP contribution in [0.3, 0.4) is 0 Å². The van der Waals surface area contributed by atoms with Gasteiger partial charge in [-0.2, -0.15) is 0 Å². The molecule has 2 heterocycles. The van der Waals surface area contributed by atoms with Crippen LogP contribution in [0.15, 0.2) is 0 Å². The van der Waals surface area contributed by atoms with Gasteiger partial charge in [0, 0.05) is 39.3 Å². The minimum atomic E-state index is 0.889. The summed E-state index contributed by atoms with van der Waals surface area (Å²) in [7, 11) is 0. The van der Waals surface area contributed by atoms with Crippen molar-refractivity contribution in [1.82, 2.24) is 15.1 Å². The lowest BCUT2D eigenvalue weighted by molar-refractivity contribution is 0.109. The summed E-state index contributed by atoms with van der Waals surface area (Å²) in [6, 6.07) is 0. The van der Waals surface area contributed by atoms with Gasteiger partial charge in [0.2, 0.25) is 0 Å². The number of nitrogens with zero attached hydrogens (tertiary/aromatic N) is 2. The number of nitrogens with one attached hydrogen (secondary N) is 1. The van der Waals surface area contributed by atoms with E-state index in [-0.39, 0.29) is 0 Å². The Balaban J connectivity index is 0.000000181. The lowest BCUT2D eigenvalue weighted by Crippen LogP contribution is -2.45. The van der Waals surface area contributed by atoms with E-state index in [1.165, 1.54) is 39.3 Å². The van der Waals surface area contributed by atoms with E-state index >= 15 is 0 Å². The molecule has 2 saturated heterocycles. The van der Waals surface area contributed by atoms with Crippen LogP contribution in [0.2, 0.25) is 0 Å². The van der Waals surface area contributed by atoms with E-state index in [1.807, 2.05) is 0 Å². The Bertz CT molecular complexity index is 131. The predicted octanol–water partition coefficient (Wildman–Crippen LogP) is 0.250. The molecule has 0 saturated carbocycles. The standard InChI is InChI=1S/C8H18N2.C4H9NO/c1-3-9-5-7-10(4-2)8-6-9;1-3-6-4-2-5-1/h3-8H2,1-2H3;5H,1-4H2. The highest BCUT2D eigenvalue weighted by molar-refractivity contribution is 4.69. The second-order valence-corrected chi connectivity index (χ2v) is 4.23. The summed E-state index contributed by atoms with van der Waals surface area (Å²) in [5, 5.41) is 3.16. The van der Waals surface area contributed by atoms with Gasteiger partial charge in [-0.05, 0) is 13.1 Å². The Morgan fingerprint density at radius 2 is 1.31 bits per heavy atom. The van der Waals surface area contributed by atoms with Crippen LogP contribution in [0.25, 0.3) is 0 Å². The summed E-state index contributed by atoms with van der Waals surface area (Å²) < 4.78 is 5.01. The monoisotopic (exact) mass is 229 g/mol. The third kappa shape index (κ3) is 5.80. The zero-order chi connectivity index (χ0) is 11.6. The molecule has 0 aromatic heterocycles. The second kappa shape index (κ2) is 8.93. The van der Waals surface area contributed by atoms with Gasteiger partial charge in [-0.15, -0.1) is 0 Å². The normalized spacial score (nSPS) is 23.6. The van der Waals surface area contributed by atoms with E-state index in [2.05, 4.69) is 29.0 Å². The molecule has 2 aliphatic heterocycles. The number of hydrogen-bond acceptors (Lipinski definition) is 4. The fourth-order valence-corrected chi connectivity index (χ4v) is 1.94. The number of piperazine rings is 1. The molecule has 0 spiro atoms. The molecule has 0 aromatic carbocycles. The van der Waals surface area contributed by atoms with E-state index in [9.17, 15) is 0 Å². The summed E-state index contributed by atoms with van der Waals surface area (Å²) in [5.41, 5.74) is 0.